The van der Waals surface area contributed by atoms with Crippen LogP contribution < -0.4 is 26.0 Å². The number of nitrogens with one attached hydrogen (secondary N) is 4. The lowest BCUT2D eigenvalue weighted by Gasteiger charge is -2.18. The number of methoxy groups -OCH3 is 4. The van der Waals surface area contributed by atoms with Crippen LogP contribution in [0.25, 0.3) is 10.4 Å². The molecule has 3 unspecified atom stereocenters. The van der Waals surface area contributed by atoms with E-state index in [0.29, 0.717) is 0 Å². The van der Waals surface area contributed by atoms with Crippen LogP contribution in [0.4, 0.5) is 0 Å². The highest BCUT2D eigenvalue weighted by Crippen LogP contribution is 2.16. The summed E-state index contributed by atoms with van der Waals surface area (Å²) in [5.74, 6) is -7.37. The lowest BCUT2D eigenvalue weighted by molar-refractivity contribution is -0.146. The molecule has 0 aromatic heterocycles. The van der Waals surface area contributed by atoms with E-state index in [0.717, 1.165) is 46.6 Å². The topological polar surface area (TPSA) is 335 Å². The monoisotopic (exact) mass is 873 g/mol. The van der Waals surface area contributed by atoms with Gasteiger partial charge in [-0.05, 0) is 54.8 Å². The second-order valence-electron chi connectivity index (χ2n) is 12.5. The van der Waals surface area contributed by atoms with Gasteiger partial charge in [0.25, 0.3) is 23.6 Å². The van der Waals surface area contributed by atoms with Gasteiger partial charge in [-0.1, -0.05) is 11.2 Å². The summed E-state index contributed by atoms with van der Waals surface area (Å²) in [5, 5.41) is 22.1. The van der Waals surface area contributed by atoms with Gasteiger partial charge in [-0.15, -0.1) is 0 Å². The zero-order valence-electron chi connectivity index (χ0n) is 34.2. The Labute approximate surface area is 353 Å². The van der Waals surface area contributed by atoms with E-state index in [9.17, 15) is 43.2 Å². The number of hydrogen-bond donors (Lipinski definition) is 5. The Morgan fingerprint density at radius 3 is 1.65 bits per heavy atom. The maximum Gasteiger partial charge on any atom is 0.329 e. The molecule has 0 saturated heterocycles. The third-order valence-corrected chi connectivity index (χ3v) is 8.16. The first-order valence-electron chi connectivity index (χ1n) is 18.5. The summed E-state index contributed by atoms with van der Waals surface area (Å²) in [6.45, 7) is -1.23. The zero-order chi connectivity index (χ0) is 46.0. The minimum atomic E-state index is -1.34. The molecule has 0 saturated carbocycles. The molecule has 0 radical (unpaired) electrons. The second kappa shape index (κ2) is 27.5. The number of azide groups is 1. The first-order chi connectivity index (χ1) is 29.6. The number of carboxylic acid groups (broad SMARTS) is 1. The van der Waals surface area contributed by atoms with E-state index in [1.54, 1.807) is 0 Å². The number of ether oxygens (including phenoxy) is 7. The molecule has 2 aromatic carbocycles. The quantitative estimate of drug-likeness (QED) is 0.0203. The lowest BCUT2D eigenvalue weighted by atomic mass is 10.0. The Kier molecular flexibility index (Phi) is 22.5. The third kappa shape index (κ3) is 18.3. The molecule has 0 bridgehead atoms. The van der Waals surface area contributed by atoms with Crippen molar-refractivity contribution in [3.8, 4) is 5.75 Å². The number of amides is 4. The van der Waals surface area contributed by atoms with E-state index < -0.39 is 78.4 Å². The number of benzene rings is 2. The Morgan fingerprint density at radius 1 is 0.677 bits per heavy atom. The van der Waals surface area contributed by atoms with Crippen LogP contribution in [0.5, 0.6) is 5.75 Å². The molecule has 0 heterocycles. The van der Waals surface area contributed by atoms with E-state index in [2.05, 4.69) is 40.8 Å². The van der Waals surface area contributed by atoms with Gasteiger partial charge in [-0.3, -0.25) is 28.8 Å². The van der Waals surface area contributed by atoms with E-state index >= 15 is 0 Å². The number of esters is 4. The van der Waals surface area contributed by atoms with Gasteiger partial charge in [0.2, 0.25) is 0 Å². The Morgan fingerprint density at radius 2 is 1.18 bits per heavy atom. The van der Waals surface area contributed by atoms with Crippen LogP contribution in [0.1, 0.15) is 67.1 Å². The van der Waals surface area contributed by atoms with Gasteiger partial charge in [0.05, 0.1) is 41.7 Å². The average Bonchev–Trinajstić information content (AvgIpc) is 3.27. The molecule has 24 nitrogen and oxygen atoms in total. The predicted molar refractivity (Wildman–Crippen MR) is 209 cm³/mol. The van der Waals surface area contributed by atoms with Crippen molar-refractivity contribution in [1.29, 1.82) is 0 Å². The van der Waals surface area contributed by atoms with Gasteiger partial charge < -0.3 is 59.5 Å². The Hall–Kier alpha value is -7.30. The number of aliphatic carboxylic acids is 1. The highest BCUT2D eigenvalue weighted by Gasteiger charge is 2.27. The Bertz CT molecular complexity index is 1900. The highest BCUT2D eigenvalue weighted by atomic mass is 16.6. The molecular formula is C38H47N7O17. The predicted octanol–water partition coefficient (Wildman–Crippen LogP) is 0.429. The molecule has 0 aliphatic carbocycles. The van der Waals surface area contributed by atoms with Crippen molar-refractivity contribution in [1.82, 2.24) is 21.3 Å². The van der Waals surface area contributed by atoms with Gasteiger partial charge in [-0.25, -0.2) is 14.4 Å². The van der Waals surface area contributed by atoms with Crippen molar-refractivity contribution in [2.24, 2.45) is 5.11 Å². The first-order valence-corrected chi connectivity index (χ1v) is 18.5. The SMILES string of the molecule is COC(=O)CCC(NC(=O)c1cc(C(=O)NCCNC(=O)c2cccc(OCC(N=[N+]=[N-])OCCOCC(=O)O)c2)cc(C(=O)NC(CCC(=O)OC)C(=O)OC)c1)C(=O)OC. The van der Waals surface area contributed by atoms with E-state index in [4.69, 9.17) is 34.3 Å². The minimum Gasteiger partial charge on any atom is -0.491 e. The van der Waals surface area contributed by atoms with Crippen LogP contribution in [0.3, 0.4) is 0 Å². The molecule has 0 aliphatic rings. The number of carboxylic acids is 1. The van der Waals surface area contributed by atoms with Gasteiger partial charge in [-0.2, -0.15) is 0 Å². The van der Waals surface area contributed by atoms with Crippen LogP contribution in [0, 0.1) is 0 Å². The number of hydrogen-bond acceptors (Lipinski definition) is 17. The molecule has 24 heteroatoms. The van der Waals surface area contributed by atoms with Gasteiger partial charge in [0.15, 0.2) is 6.23 Å². The molecule has 0 aliphatic heterocycles. The number of carbonyl (C=O) groups is 9. The van der Waals surface area contributed by atoms with Crippen molar-refractivity contribution >= 4 is 53.5 Å². The molecule has 3 atom stereocenters. The van der Waals surface area contributed by atoms with E-state index in [-0.39, 0.29) is 86.6 Å². The molecule has 2 aromatic rings. The van der Waals surface area contributed by atoms with Crippen molar-refractivity contribution in [3.63, 3.8) is 0 Å². The van der Waals surface area contributed by atoms with Crippen molar-refractivity contribution in [3.05, 3.63) is 75.2 Å². The summed E-state index contributed by atoms with van der Waals surface area (Å²) in [6.07, 6.45) is -2.07. The maximum atomic E-state index is 13.5. The highest BCUT2D eigenvalue weighted by molar-refractivity contribution is 6.06. The van der Waals surface area contributed by atoms with E-state index in [1.807, 2.05) is 0 Å². The average molecular weight is 874 g/mol. The molecule has 62 heavy (non-hydrogen) atoms. The second-order valence-corrected chi connectivity index (χ2v) is 12.5. The summed E-state index contributed by atoms with van der Waals surface area (Å²) in [4.78, 5) is 115. The van der Waals surface area contributed by atoms with Crippen LogP contribution in [-0.4, -0.2) is 145 Å². The number of rotatable bonds is 27. The third-order valence-electron chi connectivity index (χ3n) is 8.16. The van der Waals surface area contributed by atoms with Crippen LogP contribution in [0.2, 0.25) is 0 Å². The molecule has 5 N–H and O–H groups in total. The summed E-state index contributed by atoms with van der Waals surface area (Å²) >= 11 is 0. The summed E-state index contributed by atoms with van der Waals surface area (Å²) in [6, 6.07) is 6.53. The standard InChI is InChI=1S/C38H47N7O17/c1-56-31(48)10-8-27(37(54)58-3)42-35(52)24-16-23(17-25(18-24)36(53)43-28(38(55)59-4)9-11-32(49)57-2)34(51)41-13-12-40-33(50)22-6-5-7-26(19-22)62-20-29(44-45-39)61-15-14-60-21-30(46)47/h5-7,16-19,27-29H,8-15,20-21H2,1-4H3,(H,40,50)(H,41,51)(H,42,52)(H,43,53)(H,46,47). The zero-order valence-corrected chi connectivity index (χ0v) is 34.2. The van der Waals surface area contributed by atoms with Crippen LogP contribution in [0.15, 0.2) is 47.6 Å². The number of nitrogens with zero attached hydrogens (tertiary/aromatic N) is 3. The largest absolute Gasteiger partial charge is 0.491 e. The van der Waals surface area contributed by atoms with Crippen molar-refractivity contribution in [2.75, 3.05) is 68.0 Å². The molecule has 4 amide bonds. The fourth-order valence-electron chi connectivity index (χ4n) is 5.04. The fourth-order valence-corrected chi connectivity index (χ4v) is 5.04. The van der Waals surface area contributed by atoms with Gasteiger partial charge in [0.1, 0.15) is 31.0 Å². The lowest BCUT2D eigenvalue weighted by Crippen LogP contribution is -2.43. The fraction of sp³-hybridized carbons (Fsp3) is 0.447. The molecule has 0 fully saturated rings. The van der Waals surface area contributed by atoms with Gasteiger partial charge in [0, 0.05) is 53.1 Å². The van der Waals surface area contributed by atoms with Gasteiger partial charge >= 0.3 is 29.8 Å². The van der Waals surface area contributed by atoms with Crippen molar-refractivity contribution in [2.45, 2.75) is 44.0 Å². The van der Waals surface area contributed by atoms with Crippen LogP contribution >= 0.6 is 0 Å². The Balaban J connectivity index is 2.21. The van der Waals surface area contributed by atoms with Crippen molar-refractivity contribution < 1.29 is 81.4 Å². The number of carbonyl (C=O) groups excluding carboxylic acids is 8. The molecule has 0 spiro atoms. The summed E-state index contributed by atoms with van der Waals surface area (Å²) < 4.78 is 34.5. The minimum absolute atomic E-state index is 0.0823. The van der Waals surface area contributed by atoms with Crippen LogP contribution in [-0.2, 0) is 52.4 Å². The van der Waals surface area contributed by atoms with E-state index in [1.165, 1.54) is 24.3 Å². The molecule has 336 valence electrons. The summed E-state index contributed by atoms with van der Waals surface area (Å²) in [5.41, 5.74) is 8.16. The maximum absolute atomic E-state index is 13.5. The first kappa shape index (κ1) is 50.8. The normalized spacial score (nSPS) is 11.8. The molecule has 2 rings (SSSR count). The smallest absolute Gasteiger partial charge is 0.329 e. The molecular weight excluding hydrogens is 826 g/mol. The summed E-state index contributed by atoms with van der Waals surface area (Å²) in [7, 11) is 4.41.